The third-order valence-electron chi connectivity index (χ3n) is 3.87. The minimum absolute atomic E-state index is 0.0503. The molecule has 118 valence electrons. The molecule has 0 saturated heterocycles. The molecular formula is C14H21ClN2O3S. The van der Waals surface area contributed by atoms with Crippen LogP contribution in [0, 0.1) is 0 Å². The number of aliphatic hydroxyl groups excluding tert-OH is 1. The Morgan fingerprint density at radius 2 is 1.95 bits per heavy atom. The van der Waals surface area contributed by atoms with Gasteiger partial charge in [-0.2, -0.15) is 4.31 Å². The molecule has 1 fully saturated rings. The van der Waals surface area contributed by atoms with E-state index in [1.807, 2.05) is 0 Å². The van der Waals surface area contributed by atoms with E-state index in [-0.39, 0.29) is 34.8 Å². The Kier molecular flexibility index (Phi) is 5.48. The Morgan fingerprint density at radius 3 is 2.52 bits per heavy atom. The zero-order valence-electron chi connectivity index (χ0n) is 11.8. The predicted molar refractivity (Wildman–Crippen MR) is 83.7 cm³/mol. The van der Waals surface area contributed by atoms with Gasteiger partial charge in [-0.1, -0.05) is 36.9 Å². The first-order valence-electron chi connectivity index (χ1n) is 7.15. The molecule has 1 saturated carbocycles. The second-order valence-electron chi connectivity index (χ2n) is 5.29. The number of nitrogens with two attached hydrogens (primary N) is 1. The van der Waals surface area contributed by atoms with Gasteiger partial charge in [0.05, 0.1) is 17.3 Å². The van der Waals surface area contributed by atoms with Crippen molar-refractivity contribution in [1.82, 2.24) is 4.31 Å². The molecule has 0 unspecified atom stereocenters. The quantitative estimate of drug-likeness (QED) is 0.810. The maximum Gasteiger partial charge on any atom is 0.246 e. The minimum Gasteiger partial charge on any atom is -0.398 e. The lowest BCUT2D eigenvalue weighted by Gasteiger charge is -2.33. The SMILES string of the molecule is Nc1cccc(Cl)c1S(=O)(=O)N(CCO)C1CCCCC1. The van der Waals surface area contributed by atoms with Crippen LogP contribution in [-0.2, 0) is 10.0 Å². The highest BCUT2D eigenvalue weighted by atomic mass is 35.5. The van der Waals surface area contributed by atoms with Crippen molar-refractivity contribution in [3.8, 4) is 0 Å². The van der Waals surface area contributed by atoms with Gasteiger partial charge >= 0.3 is 0 Å². The van der Waals surface area contributed by atoms with Crippen molar-refractivity contribution in [3.63, 3.8) is 0 Å². The Balaban J connectivity index is 2.42. The summed E-state index contributed by atoms with van der Waals surface area (Å²) in [4.78, 5) is -0.0503. The zero-order chi connectivity index (χ0) is 15.5. The highest BCUT2D eigenvalue weighted by Gasteiger charge is 2.34. The number of hydrogen-bond acceptors (Lipinski definition) is 4. The smallest absolute Gasteiger partial charge is 0.246 e. The Morgan fingerprint density at radius 1 is 1.29 bits per heavy atom. The van der Waals surface area contributed by atoms with Crippen molar-refractivity contribution in [3.05, 3.63) is 23.2 Å². The molecule has 0 atom stereocenters. The normalized spacial score (nSPS) is 17.3. The zero-order valence-corrected chi connectivity index (χ0v) is 13.4. The minimum atomic E-state index is -3.81. The fourth-order valence-corrected chi connectivity index (χ4v) is 5.20. The molecule has 0 spiro atoms. The summed E-state index contributed by atoms with van der Waals surface area (Å²) in [5.74, 6) is 0. The number of benzene rings is 1. The van der Waals surface area contributed by atoms with E-state index in [0.29, 0.717) is 0 Å². The molecule has 0 bridgehead atoms. The van der Waals surface area contributed by atoms with Crippen LogP contribution in [0.4, 0.5) is 5.69 Å². The summed E-state index contributed by atoms with van der Waals surface area (Å²) < 4.78 is 27.2. The van der Waals surface area contributed by atoms with E-state index in [0.717, 1.165) is 32.1 Å². The molecule has 21 heavy (non-hydrogen) atoms. The first-order chi connectivity index (χ1) is 9.98. The van der Waals surface area contributed by atoms with E-state index in [1.54, 1.807) is 6.07 Å². The van der Waals surface area contributed by atoms with E-state index in [9.17, 15) is 13.5 Å². The van der Waals surface area contributed by atoms with Crippen molar-refractivity contribution < 1.29 is 13.5 Å². The number of nitrogens with zero attached hydrogens (tertiary/aromatic N) is 1. The molecule has 7 heteroatoms. The van der Waals surface area contributed by atoms with E-state index in [4.69, 9.17) is 17.3 Å². The van der Waals surface area contributed by atoms with Crippen molar-refractivity contribution in [2.24, 2.45) is 0 Å². The fourth-order valence-electron chi connectivity index (χ4n) is 2.88. The lowest BCUT2D eigenvalue weighted by Crippen LogP contribution is -2.43. The maximum atomic E-state index is 12.9. The second kappa shape index (κ2) is 6.96. The van der Waals surface area contributed by atoms with Gasteiger partial charge in [-0.25, -0.2) is 8.42 Å². The second-order valence-corrected chi connectivity index (χ2v) is 7.52. The molecule has 0 radical (unpaired) electrons. The van der Waals surface area contributed by atoms with Crippen LogP contribution < -0.4 is 5.73 Å². The Hall–Kier alpha value is -0.820. The van der Waals surface area contributed by atoms with Crippen LogP contribution in [-0.4, -0.2) is 37.0 Å². The summed E-state index contributed by atoms with van der Waals surface area (Å²) in [7, 11) is -3.81. The van der Waals surface area contributed by atoms with Crippen LogP contribution in [0.15, 0.2) is 23.1 Å². The van der Waals surface area contributed by atoms with Crippen LogP contribution in [0.3, 0.4) is 0 Å². The van der Waals surface area contributed by atoms with Crippen LogP contribution in [0.1, 0.15) is 32.1 Å². The van der Waals surface area contributed by atoms with Crippen LogP contribution >= 0.6 is 11.6 Å². The lowest BCUT2D eigenvalue weighted by molar-refractivity contribution is 0.199. The molecule has 1 aromatic carbocycles. The number of hydrogen-bond donors (Lipinski definition) is 2. The van der Waals surface area contributed by atoms with Crippen LogP contribution in [0.25, 0.3) is 0 Å². The van der Waals surface area contributed by atoms with Crippen LogP contribution in [0.2, 0.25) is 5.02 Å². The van der Waals surface area contributed by atoms with Gasteiger partial charge in [-0.3, -0.25) is 0 Å². The molecule has 1 aliphatic carbocycles. The predicted octanol–water partition coefficient (Wildman–Crippen LogP) is 2.24. The lowest BCUT2D eigenvalue weighted by atomic mass is 9.95. The number of rotatable bonds is 5. The van der Waals surface area contributed by atoms with E-state index in [2.05, 4.69) is 0 Å². The summed E-state index contributed by atoms with van der Waals surface area (Å²) in [6, 6.07) is 4.57. The molecule has 1 aliphatic rings. The van der Waals surface area contributed by atoms with Gasteiger partial charge in [0.2, 0.25) is 10.0 Å². The van der Waals surface area contributed by atoms with E-state index < -0.39 is 10.0 Å². The summed E-state index contributed by atoms with van der Waals surface area (Å²) >= 11 is 6.05. The van der Waals surface area contributed by atoms with Gasteiger partial charge in [0.25, 0.3) is 0 Å². The van der Waals surface area contributed by atoms with Gasteiger partial charge in [0, 0.05) is 12.6 Å². The summed E-state index contributed by atoms with van der Waals surface area (Å²) in [6.07, 6.45) is 4.74. The third-order valence-corrected chi connectivity index (χ3v) is 6.36. The first kappa shape index (κ1) is 16.5. The molecular weight excluding hydrogens is 312 g/mol. The molecule has 0 aliphatic heterocycles. The largest absolute Gasteiger partial charge is 0.398 e. The van der Waals surface area contributed by atoms with E-state index >= 15 is 0 Å². The molecule has 0 amide bonds. The average Bonchev–Trinajstić information content (AvgIpc) is 2.45. The number of nitrogen functional groups attached to an aromatic ring is 1. The molecule has 0 heterocycles. The summed E-state index contributed by atoms with van der Waals surface area (Å²) in [5.41, 5.74) is 5.96. The van der Waals surface area contributed by atoms with Crippen LogP contribution in [0.5, 0.6) is 0 Å². The van der Waals surface area contributed by atoms with Crippen molar-refractivity contribution in [1.29, 1.82) is 0 Å². The molecule has 1 aromatic rings. The number of halogens is 1. The third kappa shape index (κ3) is 3.51. The molecule has 2 rings (SSSR count). The Bertz CT molecular complexity index is 566. The topological polar surface area (TPSA) is 83.6 Å². The standard InChI is InChI=1S/C14H21ClN2O3S/c15-12-7-4-8-13(16)14(12)21(19,20)17(9-10-18)11-5-2-1-3-6-11/h4,7-8,11,18H,1-3,5-6,9-10,16H2. The first-order valence-corrected chi connectivity index (χ1v) is 8.97. The number of sulfonamides is 1. The Labute approximate surface area is 130 Å². The highest BCUT2D eigenvalue weighted by Crippen LogP contribution is 2.33. The van der Waals surface area contributed by atoms with E-state index in [1.165, 1.54) is 16.4 Å². The van der Waals surface area contributed by atoms with Crippen molar-refractivity contribution >= 4 is 27.3 Å². The van der Waals surface area contributed by atoms with Crippen molar-refractivity contribution in [2.45, 2.75) is 43.0 Å². The van der Waals surface area contributed by atoms with Gasteiger partial charge in [0.15, 0.2) is 0 Å². The van der Waals surface area contributed by atoms with Gasteiger partial charge in [-0.15, -0.1) is 0 Å². The van der Waals surface area contributed by atoms with Gasteiger partial charge in [-0.05, 0) is 25.0 Å². The maximum absolute atomic E-state index is 12.9. The number of aliphatic hydroxyl groups is 1. The monoisotopic (exact) mass is 332 g/mol. The number of anilines is 1. The highest BCUT2D eigenvalue weighted by molar-refractivity contribution is 7.89. The average molecular weight is 333 g/mol. The summed E-state index contributed by atoms with van der Waals surface area (Å²) in [5, 5.41) is 9.37. The molecule has 0 aromatic heterocycles. The van der Waals surface area contributed by atoms with Crippen molar-refractivity contribution in [2.75, 3.05) is 18.9 Å². The van der Waals surface area contributed by atoms with Gasteiger partial charge < -0.3 is 10.8 Å². The fraction of sp³-hybridized carbons (Fsp3) is 0.571. The molecule has 3 N–H and O–H groups in total. The summed E-state index contributed by atoms with van der Waals surface area (Å²) in [6.45, 7) is -0.155. The van der Waals surface area contributed by atoms with Gasteiger partial charge in [0.1, 0.15) is 4.90 Å². The molecule has 5 nitrogen and oxygen atoms in total.